The van der Waals surface area contributed by atoms with Crippen molar-refractivity contribution >= 4 is 11.3 Å². The maximum Gasteiger partial charge on any atom is 0.230 e. The summed E-state index contributed by atoms with van der Waals surface area (Å²) in [7, 11) is 0. The van der Waals surface area contributed by atoms with E-state index in [2.05, 4.69) is 41.5 Å². The maximum absolute atomic E-state index is 5.31. The molecule has 1 unspecified atom stereocenters. The van der Waals surface area contributed by atoms with Gasteiger partial charge in [-0.2, -0.15) is 0 Å². The zero-order valence-corrected chi connectivity index (χ0v) is 11.2. The van der Waals surface area contributed by atoms with Crippen LogP contribution in [0.1, 0.15) is 28.5 Å². The van der Waals surface area contributed by atoms with Gasteiger partial charge in [-0.25, -0.2) is 0 Å². The highest BCUT2D eigenvalue weighted by atomic mass is 32.1. The third-order valence-corrected chi connectivity index (χ3v) is 3.50. The van der Waals surface area contributed by atoms with Crippen molar-refractivity contribution < 1.29 is 4.42 Å². The van der Waals surface area contributed by atoms with Gasteiger partial charge < -0.3 is 9.73 Å². The highest BCUT2D eigenvalue weighted by Gasteiger charge is 2.07. The molecule has 1 N–H and O–H groups in total. The Morgan fingerprint density at radius 1 is 1.35 bits per heavy atom. The molecular weight excluding hydrogens is 234 g/mol. The largest absolute Gasteiger partial charge is 0.424 e. The Bertz CT molecular complexity index is 478. The zero-order chi connectivity index (χ0) is 12.3. The first-order chi connectivity index (χ1) is 8.13. The van der Waals surface area contributed by atoms with E-state index in [-0.39, 0.29) is 0 Å². The molecule has 17 heavy (non-hydrogen) atoms. The molecule has 0 saturated carbocycles. The first kappa shape index (κ1) is 12.3. The molecule has 0 aliphatic carbocycles. The van der Waals surface area contributed by atoms with E-state index < -0.39 is 0 Å². The normalized spacial score (nSPS) is 12.9. The van der Waals surface area contributed by atoms with Gasteiger partial charge in [0.2, 0.25) is 11.8 Å². The number of nitrogens with zero attached hydrogens (tertiary/aromatic N) is 2. The second kappa shape index (κ2) is 5.42. The van der Waals surface area contributed by atoms with Crippen LogP contribution in [0.4, 0.5) is 0 Å². The summed E-state index contributed by atoms with van der Waals surface area (Å²) >= 11 is 1.85. The summed E-state index contributed by atoms with van der Waals surface area (Å²) in [6.45, 7) is 6.73. The number of nitrogens with one attached hydrogen (secondary N) is 1. The van der Waals surface area contributed by atoms with Crippen LogP contribution in [0, 0.1) is 13.8 Å². The van der Waals surface area contributed by atoms with Crippen LogP contribution in [-0.4, -0.2) is 16.2 Å². The van der Waals surface area contributed by atoms with Crippen molar-refractivity contribution in [3.8, 4) is 0 Å². The summed E-state index contributed by atoms with van der Waals surface area (Å²) in [5.74, 6) is 1.26. The standard InChI is InChI=1S/C12H17N3OS/c1-8(6-11-5-4-9(2)17-11)13-7-12-15-14-10(3)16-12/h4-5,8,13H,6-7H2,1-3H3. The zero-order valence-electron chi connectivity index (χ0n) is 10.4. The molecule has 0 saturated heterocycles. The van der Waals surface area contributed by atoms with Crippen molar-refractivity contribution in [3.05, 3.63) is 33.7 Å². The average Bonchev–Trinajstić information content (AvgIpc) is 2.85. The highest BCUT2D eigenvalue weighted by molar-refractivity contribution is 7.11. The van der Waals surface area contributed by atoms with Gasteiger partial charge in [0.1, 0.15) is 0 Å². The van der Waals surface area contributed by atoms with E-state index in [9.17, 15) is 0 Å². The molecule has 0 aliphatic heterocycles. The quantitative estimate of drug-likeness (QED) is 0.887. The van der Waals surface area contributed by atoms with Crippen molar-refractivity contribution in [2.75, 3.05) is 0 Å². The predicted octanol–water partition coefficient (Wildman–Crippen LogP) is 2.47. The molecule has 0 aliphatic rings. The first-order valence-corrected chi connectivity index (χ1v) is 6.53. The highest BCUT2D eigenvalue weighted by Crippen LogP contribution is 2.16. The minimum atomic E-state index is 0.403. The molecule has 0 aromatic carbocycles. The number of aromatic nitrogens is 2. The molecule has 0 amide bonds. The number of aryl methyl sites for hydroxylation is 2. The molecular formula is C12H17N3OS. The minimum Gasteiger partial charge on any atom is -0.424 e. The second-order valence-electron chi connectivity index (χ2n) is 4.21. The Morgan fingerprint density at radius 3 is 2.76 bits per heavy atom. The van der Waals surface area contributed by atoms with Crippen molar-refractivity contribution in [1.29, 1.82) is 0 Å². The van der Waals surface area contributed by atoms with Crippen LogP contribution in [0.5, 0.6) is 0 Å². The number of thiophene rings is 1. The van der Waals surface area contributed by atoms with Gasteiger partial charge in [-0.3, -0.25) is 0 Å². The maximum atomic E-state index is 5.31. The van der Waals surface area contributed by atoms with Crippen LogP contribution < -0.4 is 5.32 Å². The Morgan fingerprint density at radius 2 is 2.18 bits per heavy atom. The van der Waals surface area contributed by atoms with Crippen LogP contribution >= 0.6 is 11.3 Å². The number of hydrogen-bond donors (Lipinski definition) is 1. The minimum absolute atomic E-state index is 0.403. The fraction of sp³-hybridized carbons (Fsp3) is 0.500. The monoisotopic (exact) mass is 251 g/mol. The molecule has 0 fully saturated rings. The summed E-state index contributed by atoms with van der Waals surface area (Å²) in [5, 5.41) is 11.1. The number of hydrogen-bond acceptors (Lipinski definition) is 5. The molecule has 2 heterocycles. The summed E-state index contributed by atoms with van der Waals surface area (Å²) in [4.78, 5) is 2.77. The lowest BCUT2D eigenvalue weighted by atomic mass is 10.2. The lowest BCUT2D eigenvalue weighted by molar-refractivity contribution is 0.427. The molecule has 92 valence electrons. The Balaban J connectivity index is 1.79. The van der Waals surface area contributed by atoms with E-state index in [0.29, 0.717) is 24.4 Å². The molecule has 2 aromatic heterocycles. The van der Waals surface area contributed by atoms with Gasteiger partial charge in [0, 0.05) is 22.7 Å². The fourth-order valence-electron chi connectivity index (χ4n) is 1.64. The van der Waals surface area contributed by atoms with E-state index in [1.54, 1.807) is 6.92 Å². The van der Waals surface area contributed by atoms with Crippen LogP contribution in [0.15, 0.2) is 16.5 Å². The Hall–Kier alpha value is -1.20. The molecule has 0 radical (unpaired) electrons. The molecule has 5 heteroatoms. The third-order valence-electron chi connectivity index (χ3n) is 2.47. The average molecular weight is 251 g/mol. The molecule has 2 aromatic rings. The number of rotatable bonds is 5. The van der Waals surface area contributed by atoms with Crippen LogP contribution in [0.2, 0.25) is 0 Å². The van der Waals surface area contributed by atoms with Crippen LogP contribution in [0.3, 0.4) is 0 Å². The molecule has 4 nitrogen and oxygen atoms in total. The van der Waals surface area contributed by atoms with Crippen LogP contribution in [-0.2, 0) is 13.0 Å². The Kier molecular flexibility index (Phi) is 3.91. The van der Waals surface area contributed by atoms with Gasteiger partial charge in [-0.15, -0.1) is 21.5 Å². The summed E-state index contributed by atoms with van der Waals surface area (Å²) in [6, 6.07) is 4.75. The van der Waals surface area contributed by atoms with E-state index in [1.807, 2.05) is 11.3 Å². The third kappa shape index (κ3) is 3.64. The first-order valence-electron chi connectivity index (χ1n) is 5.71. The van der Waals surface area contributed by atoms with E-state index in [4.69, 9.17) is 4.42 Å². The van der Waals surface area contributed by atoms with Gasteiger partial charge in [0.25, 0.3) is 0 Å². The van der Waals surface area contributed by atoms with Crippen molar-refractivity contribution in [1.82, 2.24) is 15.5 Å². The van der Waals surface area contributed by atoms with Crippen molar-refractivity contribution in [3.63, 3.8) is 0 Å². The van der Waals surface area contributed by atoms with E-state index in [0.717, 1.165) is 6.42 Å². The smallest absolute Gasteiger partial charge is 0.230 e. The van der Waals surface area contributed by atoms with E-state index in [1.165, 1.54) is 9.75 Å². The summed E-state index contributed by atoms with van der Waals surface area (Å²) in [5.41, 5.74) is 0. The summed E-state index contributed by atoms with van der Waals surface area (Å²) < 4.78 is 5.31. The lowest BCUT2D eigenvalue weighted by Gasteiger charge is -2.10. The molecule has 0 bridgehead atoms. The van der Waals surface area contributed by atoms with Crippen molar-refractivity contribution in [2.45, 2.75) is 39.8 Å². The van der Waals surface area contributed by atoms with E-state index >= 15 is 0 Å². The lowest BCUT2D eigenvalue weighted by Crippen LogP contribution is -2.27. The van der Waals surface area contributed by atoms with Gasteiger partial charge in [0.05, 0.1) is 6.54 Å². The van der Waals surface area contributed by atoms with Crippen molar-refractivity contribution in [2.24, 2.45) is 0 Å². The fourth-order valence-corrected chi connectivity index (χ4v) is 2.66. The van der Waals surface area contributed by atoms with Gasteiger partial charge in [0.15, 0.2) is 0 Å². The van der Waals surface area contributed by atoms with Gasteiger partial charge >= 0.3 is 0 Å². The SMILES string of the molecule is Cc1nnc(CNC(C)Cc2ccc(C)s2)o1. The molecule has 1 atom stereocenters. The Labute approximate surface area is 105 Å². The second-order valence-corrected chi connectivity index (χ2v) is 5.59. The van der Waals surface area contributed by atoms with Gasteiger partial charge in [-0.1, -0.05) is 0 Å². The van der Waals surface area contributed by atoms with Gasteiger partial charge in [-0.05, 0) is 32.4 Å². The topological polar surface area (TPSA) is 51.0 Å². The van der Waals surface area contributed by atoms with Crippen LogP contribution in [0.25, 0.3) is 0 Å². The molecule has 2 rings (SSSR count). The molecule has 0 spiro atoms. The summed E-state index contributed by atoms with van der Waals surface area (Å²) in [6.07, 6.45) is 1.03. The predicted molar refractivity (Wildman–Crippen MR) is 68.1 cm³/mol.